The lowest BCUT2D eigenvalue weighted by atomic mass is 10.1. The number of aliphatic hydroxyl groups excluding tert-OH is 2. The second kappa shape index (κ2) is 5.66. The number of H-pyrrole nitrogens is 1. The van der Waals surface area contributed by atoms with Crippen LogP contribution in [0.4, 0.5) is 4.39 Å². The summed E-state index contributed by atoms with van der Waals surface area (Å²) in [5.74, 6) is -3.17. The van der Waals surface area contributed by atoms with Crippen LogP contribution in [-0.4, -0.2) is 54.2 Å². The Morgan fingerprint density at radius 2 is 2.09 bits per heavy atom. The Balaban J connectivity index is 2.28. The van der Waals surface area contributed by atoms with Gasteiger partial charge >= 0.3 is 13.5 Å². The molecule has 124 valence electrons. The van der Waals surface area contributed by atoms with Crippen molar-refractivity contribution in [3.63, 3.8) is 0 Å². The molecule has 5 N–H and O–H groups in total. The highest BCUT2D eigenvalue weighted by atomic mass is 31.2. The zero-order valence-electron chi connectivity index (χ0n) is 10.7. The number of hydrogen-bond donors (Lipinski definition) is 5. The van der Waals surface area contributed by atoms with Crippen LogP contribution in [0.25, 0.3) is 0 Å². The van der Waals surface area contributed by atoms with E-state index >= 15 is 0 Å². The molecule has 1 aliphatic heterocycles. The van der Waals surface area contributed by atoms with Gasteiger partial charge in [-0.25, -0.2) is 13.8 Å². The summed E-state index contributed by atoms with van der Waals surface area (Å²) in [6.07, 6.45) is -5.03. The zero-order valence-corrected chi connectivity index (χ0v) is 11.6. The van der Waals surface area contributed by atoms with Crippen molar-refractivity contribution in [3.8, 4) is 0 Å². The van der Waals surface area contributed by atoms with Crippen LogP contribution in [0.3, 0.4) is 0 Å². The van der Waals surface area contributed by atoms with Gasteiger partial charge in [0.05, 0.1) is 0 Å². The molecular formula is C9H12FN2O9P. The molecule has 1 saturated heterocycles. The summed E-state index contributed by atoms with van der Waals surface area (Å²) in [5, 5.41) is 19.4. The van der Waals surface area contributed by atoms with Gasteiger partial charge in [0.1, 0.15) is 18.8 Å². The molecule has 22 heavy (non-hydrogen) atoms. The number of ether oxygens (including phenoxy) is 1. The number of nitrogens with one attached hydrogen (secondary N) is 1. The lowest BCUT2D eigenvalue weighted by Crippen LogP contribution is -2.43. The third-order valence-electron chi connectivity index (χ3n) is 2.93. The van der Waals surface area contributed by atoms with Crippen LogP contribution in [0, 0.1) is 0 Å². The second-order valence-electron chi connectivity index (χ2n) is 4.51. The number of aromatic nitrogens is 2. The molecule has 0 amide bonds. The molecule has 0 bridgehead atoms. The first-order valence-electron chi connectivity index (χ1n) is 5.78. The largest absolute Gasteiger partial charge is 0.469 e. The number of phosphoric acid groups is 1. The second-order valence-corrected chi connectivity index (χ2v) is 5.75. The van der Waals surface area contributed by atoms with E-state index in [9.17, 15) is 28.8 Å². The average Bonchev–Trinajstić information content (AvgIpc) is 2.61. The fourth-order valence-corrected chi connectivity index (χ4v) is 2.24. The van der Waals surface area contributed by atoms with E-state index in [1.165, 1.54) is 0 Å². The Morgan fingerprint density at radius 3 is 2.64 bits per heavy atom. The van der Waals surface area contributed by atoms with Gasteiger partial charge in [0, 0.05) is 12.3 Å². The highest BCUT2D eigenvalue weighted by molar-refractivity contribution is 7.46. The van der Waals surface area contributed by atoms with E-state index in [4.69, 9.17) is 9.79 Å². The maximum atomic E-state index is 14.3. The minimum Gasteiger partial charge on any atom is -0.385 e. The number of hydrogen-bond acceptors (Lipinski definition) is 7. The van der Waals surface area contributed by atoms with E-state index < -0.39 is 50.0 Å². The van der Waals surface area contributed by atoms with Gasteiger partial charge in [-0.1, -0.05) is 0 Å². The molecule has 11 nitrogen and oxygen atoms in total. The SMILES string of the molecule is O=c1ccn([C@@H]2O[C@](F)(COP(=O)(O)O)[C@@H](O)[C@H]2O)c(=O)[nH]1. The summed E-state index contributed by atoms with van der Waals surface area (Å²) in [7, 11) is -5.04. The Bertz CT molecular complexity index is 714. The number of aliphatic hydroxyl groups is 2. The summed E-state index contributed by atoms with van der Waals surface area (Å²) in [6, 6.07) is 0.897. The molecule has 0 aliphatic carbocycles. The van der Waals surface area contributed by atoms with E-state index in [0.717, 1.165) is 12.3 Å². The minimum atomic E-state index is -5.04. The maximum Gasteiger partial charge on any atom is 0.469 e. The first kappa shape index (κ1) is 17.0. The molecule has 0 spiro atoms. The predicted molar refractivity (Wildman–Crippen MR) is 65.3 cm³/mol. The molecule has 2 heterocycles. The lowest BCUT2D eigenvalue weighted by Gasteiger charge is -2.22. The monoisotopic (exact) mass is 342 g/mol. The molecule has 1 aromatic heterocycles. The van der Waals surface area contributed by atoms with E-state index in [1.807, 2.05) is 4.98 Å². The summed E-state index contributed by atoms with van der Waals surface area (Å²) >= 11 is 0. The molecule has 0 aromatic carbocycles. The Labute approximate surface area is 120 Å². The van der Waals surface area contributed by atoms with Crippen molar-refractivity contribution in [2.75, 3.05) is 6.61 Å². The van der Waals surface area contributed by atoms with Crippen molar-refractivity contribution in [2.45, 2.75) is 24.3 Å². The van der Waals surface area contributed by atoms with E-state index in [-0.39, 0.29) is 0 Å². The van der Waals surface area contributed by atoms with Gasteiger partial charge in [-0.15, -0.1) is 0 Å². The topological polar surface area (TPSA) is 171 Å². The van der Waals surface area contributed by atoms with Crippen molar-refractivity contribution in [1.82, 2.24) is 9.55 Å². The number of rotatable bonds is 4. The molecule has 1 aromatic rings. The van der Waals surface area contributed by atoms with Crippen LogP contribution >= 0.6 is 7.82 Å². The van der Waals surface area contributed by atoms with Crippen LogP contribution in [0.15, 0.2) is 21.9 Å². The highest BCUT2D eigenvalue weighted by Gasteiger charge is 2.57. The van der Waals surface area contributed by atoms with Crippen molar-refractivity contribution in [1.29, 1.82) is 0 Å². The normalized spacial score (nSPS) is 32.3. The first-order chi connectivity index (χ1) is 10.0. The molecule has 1 aliphatic rings. The van der Waals surface area contributed by atoms with E-state index in [1.54, 1.807) is 0 Å². The highest BCUT2D eigenvalue weighted by Crippen LogP contribution is 2.43. The molecule has 1 fully saturated rings. The van der Waals surface area contributed by atoms with Gasteiger partial charge < -0.3 is 24.7 Å². The number of aromatic amines is 1. The van der Waals surface area contributed by atoms with Crippen LogP contribution < -0.4 is 11.2 Å². The Morgan fingerprint density at radius 1 is 1.45 bits per heavy atom. The van der Waals surface area contributed by atoms with Gasteiger partial charge in [0.15, 0.2) is 6.23 Å². The molecule has 0 saturated carbocycles. The van der Waals surface area contributed by atoms with E-state index in [0.29, 0.717) is 4.57 Å². The van der Waals surface area contributed by atoms with E-state index in [2.05, 4.69) is 9.26 Å². The van der Waals surface area contributed by atoms with Crippen LogP contribution in [-0.2, 0) is 13.8 Å². The number of nitrogens with zero attached hydrogens (tertiary/aromatic N) is 1. The standard InChI is InChI=1S/C9H12FN2O9P/c10-9(3-20-22(17,18)19)6(15)5(14)7(21-9)12-2-1-4(13)11-8(12)16/h1-2,5-7,14-15H,3H2,(H,11,13,16)(H2,17,18,19)/t5-,6+,7-,9-/m1/s1. The van der Waals surface area contributed by atoms with Gasteiger partial charge in [0.25, 0.3) is 11.4 Å². The van der Waals surface area contributed by atoms with Crippen molar-refractivity contribution in [3.05, 3.63) is 33.1 Å². The average molecular weight is 342 g/mol. The van der Waals surface area contributed by atoms with Gasteiger partial charge in [0.2, 0.25) is 0 Å². The molecule has 0 radical (unpaired) electrons. The molecular weight excluding hydrogens is 330 g/mol. The summed E-state index contributed by atoms with van der Waals surface area (Å²) in [4.78, 5) is 41.4. The van der Waals surface area contributed by atoms with Crippen molar-refractivity contribution < 1.29 is 38.2 Å². The Hall–Kier alpha value is -1.40. The summed E-state index contributed by atoms with van der Waals surface area (Å²) in [6.45, 7) is -1.38. The third kappa shape index (κ3) is 3.33. The number of halogens is 1. The maximum absolute atomic E-state index is 14.3. The molecule has 4 atom stereocenters. The number of alkyl halides is 1. The molecule has 13 heteroatoms. The minimum absolute atomic E-state index is 0.605. The zero-order chi connectivity index (χ0) is 16.7. The quantitative estimate of drug-likeness (QED) is 0.373. The fourth-order valence-electron chi connectivity index (χ4n) is 1.89. The number of phosphoric ester groups is 1. The first-order valence-corrected chi connectivity index (χ1v) is 7.31. The molecule has 0 unspecified atom stereocenters. The Kier molecular flexibility index (Phi) is 4.37. The lowest BCUT2D eigenvalue weighted by molar-refractivity contribution is -0.205. The van der Waals surface area contributed by atoms with Crippen LogP contribution in [0.1, 0.15) is 6.23 Å². The van der Waals surface area contributed by atoms with Crippen molar-refractivity contribution >= 4 is 7.82 Å². The third-order valence-corrected chi connectivity index (χ3v) is 3.39. The van der Waals surface area contributed by atoms with Gasteiger partial charge in [-0.2, -0.15) is 0 Å². The summed E-state index contributed by atoms with van der Waals surface area (Å²) in [5.41, 5.74) is -1.78. The summed E-state index contributed by atoms with van der Waals surface area (Å²) < 4.78 is 34.1. The fraction of sp³-hybridized carbons (Fsp3) is 0.556. The van der Waals surface area contributed by atoms with Crippen LogP contribution in [0.5, 0.6) is 0 Å². The smallest absolute Gasteiger partial charge is 0.385 e. The predicted octanol–water partition coefficient (Wildman–Crippen LogP) is -2.44. The van der Waals surface area contributed by atoms with Gasteiger partial charge in [-0.05, 0) is 0 Å². The van der Waals surface area contributed by atoms with Crippen LogP contribution in [0.2, 0.25) is 0 Å². The van der Waals surface area contributed by atoms with Crippen molar-refractivity contribution in [2.24, 2.45) is 0 Å². The van der Waals surface area contributed by atoms with Gasteiger partial charge in [-0.3, -0.25) is 18.9 Å². The molecule has 2 rings (SSSR count).